The highest BCUT2D eigenvalue weighted by Gasteiger charge is 2.28. The number of carbonyl (C=O) groups excluding carboxylic acids is 1. The van der Waals surface area contributed by atoms with Crippen molar-refractivity contribution in [2.75, 3.05) is 11.9 Å². The van der Waals surface area contributed by atoms with E-state index in [1.807, 2.05) is 12.1 Å². The van der Waals surface area contributed by atoms with Crippen molar-refractivity contribution in [3.8, 4) is 0 Å². The highest BCUT2D eigenvalue weighted by Crippen LogP contribution is 2.27. The minimum absolute atomic E-state index is 0. The predicted octanol–water partition coefficient (Wildman–Crippen LogP) is 4.32. The molecule has 2 atom stereocenters. The summed E-state index contributed by atoms with van der Waals surface area (Å²) in [6.07, 6.45) is 9.43. The number of nitrogens with one attached hydrogen (secondary N) is 3. The Hall–Kier alpha value is -2.16. The lowest BCUT2D eigenvalue weighted by atomic mass is 9.90. The van der Waals surface area contributed by atoms with E-state index in [1.54, 1.807) is 0 Å². The van der Waals surface area contributed by atoms with Crippen molar-refractivity contribution < 1.29 is 9.90 Å². The molecule has 198 valence electrons. The molecule has 8 nitrogen and oxygen atoms in total. The molecule has 0 bridgehead atoms. The first-order valence-electron chi connectivity index (χ1n) is 12.9. The molecule has 2 fully saturated rings. The Morgan fingerprint density at radius 2 is 1.67 bits per heavy atom. The van der Waals surface area contributed by atoms with Crippen molar-refractivity contribution in [2.45, 2.75) is 95.4 Å². The number of amides is 1. The summed E-state index contributed by atoms with van der Waals surface area (Å²) in [6, 6.07) is 6.65. The fourth-order valence-electron chi connectivity index (χ4n) is 5.45. The normalized spacial score (nSPS) is 25.8. The predicted molar refractivity (Wildman–Crippen MR) is 149 cm³/mol. The number of hydrogen-bond donors (Lipinski definition) is 4. The molecule has 0 unspecified atom stereocenters. The lowest BCUT2D eigenvalue weighted by Crippen LogP contribution is -2.48. The smallest absolute Gasteiger partial charge is 0.289 e. The van der Waals surface area contributed by atoms with E-state index in [2.05, 4.69) is 38.9 Å². The first-order chi connectivity index (χ1) is 16.5. The standard InChI is InChI=1S/C26H36N6O2.2ClH/c1-16-8-13-20-19(15-16)24(31-22-6-3-2-5-21(22)29-23-7-4-14-27-23)32-25(30-20)26(34)28-17-9-11-18(33)12-10-17;;/h8,13,15,17-18,21-22,33H,2-7,9-12,14H2,1H3,(H,27,29)(H,28,34)(H,30,31,32);2*1H/t17-,18-,21-,22+;;/m1../s1. The molecule has 36 heavy (non-hydrogen) atoms. The minimum Gasteiger partial charge on any atom is -0.393 e. The van der Waals surface area contributed by atoms with Gasteiger partial charge in [0.05, 0.1) is 17.5 Å². The van der Waals surface area contributed by atoms with Gasteiger partial charge in [0, 0.05) is 36.5 Å². The number of fused-ring (bicyclic) bond motifs is 1. The Morgan fingerprint density at radius 3 is 2.36 bits per heavy atom. The van der Waals surface area contributed by atoms with E-state index in [1.165, 1.54) is 12.8 Å². The maximum absolute atomic E-state index is 13.1. The molecular formula is C26H38Cl2N6O2. The van der Waals surface area contributed by atoms with Gasteiger partial charge in [0.25, 0.3) is 5.91 Å². The molecular weight excluding hydrogens is 499 g/mol. The van der Waals surface area contributed by atoms with E-state index in [4.69, 9.17) is 4.98 Å². The minimum atomic E-state index is -0.253. The molecule has 2 aliphatic carbocycles. The van der Waals surface area contributed by atoms with Gasteiger partial charge >= 0.3 is 0 Å². The van der Waals surface area contributed by atoms with Gasteiger partial charge in [0.15, 0.2) is 0 Å². The van der Waals surface area contributed by atoms with Gasteiger partial charge in [-0.05, 0) is 64.0 Å². The van der Waals surface area contributed by atoms with Crippen LogP contribution < -0.4 is 16.0 Å². The SMILES string of the molecule is Cc1ccc2nc(C(=O)N[C@H]3CC[C@H](O)CC3)nc(N[C@H]3CCCC[C@H]3NC3=NCCC3)c2c1.Cl.Cl. The fraction of sp³-hybridized carbons (Fsp3) is 0.615. The van der Waals surface area contributed by atoms with Gasteiger partial charge in [-0.1, -0.05) is 24.5 Å². The maximum atomic E-state index is 13.1. The summed E-state index contributed by atoms with van der Waals surface area (Å²) in [5.41, 5.74) is 1.91. The number of aliphatic imine (C=N–C) groups is 1. The largest absolute Gasteiger partial charge is 0.393 e. The topological polar surface area (TPSA) is 112 Å². The van der Waals surface area contributed by atoms with E-state index >= 15 is 0 Å². The summed E-state index contributed by atoms with van der Waals surface area (Å²) in [5.74, 6) is 1.81. The van der Waals surface area contributed by atoms with Gasteiger partial charge in [-0.15, -0.1) is 24.8 Å². The molecule has 10 heteroatoms. The zero-order valence-electron chi connectivity index (χ0n) is 20.8. The van der Waals surface area contributed by atoms with Gasteiger partial charge < -0.3 is 21.1 Å². The summed E-state index contributed by atoms with van der Waals surface area (Å²) in [4.78, 5) is 27.0. The van der Waals surface area contributed by atoms with Crippen molar-refractivity contribution in [2.24, 2.45) is 4.99 Å². The molecule has 3 aliphatic rings. The average Bonchev–Trinajstić information content (AvgIpc) is 3.35. The number of aliphatic hydroxyl groups is 1. The van der Waals surface area contributed by atoms with Gasteiger partial charge in [-0.2, -0.15) is 0 Å². The molecule has 1 aromatic heterocycles. The first-order valence-corrected chi connectivity index (χ1v) is 12.9. The van der Waals surface area contributed by atoms with E-state index < -0.39 is 0 Å². The summed E-state index contributed by atoms with van der Waals surface area (Å²) >= 11 is 0. The van der Waals surface area contributed by atoms with Crippen LogP contribution in [0.15, 0.2) is 23.2 Å². The van der Waals surface area contributed by atoms with Gasteiger partial charge in [-0.3, -0.25) is 9.79 Å². The molecule has 2 heterocycles. The van der Waals surface area contributed by atoms with Crippen LogP contribution in [-0.4, -0.2) is 57.6 Å². The number of halogens is 2. The number of carbonyl (C=O) groups is 1. The quantitative estimate of drug-likeness (QED) is 0.452. The molecule has 0 spiro atoms. The van der Waals surface area contributed by atoms with Crippen LogP contribution >= 0.6 is 24.8 Å². The van der Waals surface area contributed by atoms with Crippen LogP contribution in [0, 0.1) is 6.92 Å². The van der Waals surface area contributed by atoms with E-state index in [0.717, 1.165) is 86.0 Å². The van der Waals surface area contributed by atoms with Crippen LogP contribution in [-0.2, 0) is 0 Å². The van der Waals surface area contributed by atoms with Crippen molar-refractivity contribution in [1.29, 1.82) is 0 Å². The second-order valence-electron chi connectivity index (χ2n) is 10.1. The van der Waals surface area contributed by atoms with Crippen LogP contribution in [0.3, 0.4) is 0 Å². The van der Waals surface area contributed by atoms with Crippen LogP contribution in [0.4, 0.5) is 5.82 Å². The van der Waals surface area contributed by atoms with E-state index in [0.29, 0.717) is 6.04 Å². The third kappa shape index (κ3) is 6.78. The Morgan fingerprint density at radius 1 is 0.944 bits per heavy atom. The van der Waals surface area contributed by atoms with Crippen LogP contribution in [0.1, 0.15) is 80.4 Å². The summed E-state index contributed by atoms with van der Waals surface area (Å²) in [5, 5.41) is 21.2. The summed E-state index contributed by atoms with van der Waals surface area (Å²) in [7, 11) is 0. The number of aliphatic hydroxyl groups excluding tert-OH is 1. The third-order valence-corrected chi connectivity index (χ3v) is 7.40. The summed E-state index contributed by atoms with van der Waals surface area (Å²) in [6.45, 7) is 2.98. The number of benzene rings is 1. The molecule has 0 saturated heterocycles. The lowest BCUT2D eigenvalue weighted by Gasteiger charge is -2.34. The zero-order chi connectivity index (χ0) is 23.5. The Bertz CT molecular complexity index is 1070. The number of rotatable bonds is 5. The van der Waals surface area contributed by atoms with Crippen molar-refractivity contribution in [3.05, 3.63) is 29.6 Å². The van der Waals surface area contributed by atoms with Crippen LogP contribution in [0.5, 0.6) is 0 Å². The Labute approximate surface area is 225 Å². The lowest BCUT2D eigenvalue weighted by molar-refractivity contribution is 0.0859. The second kappa shape index (κ2) is 12.9. The fourth-order valence-corrected chi connectivity index (χ4v) is 5.45. The number of aromatic nitrogens is 2. The second-order valence-corrected chi connectivity index (χ2v) is 10.1. The number of hydrogen-bond acceptors (Lipinski definition) is 7. The monoisotopic (exact) mass is 536 g/mol. The van der Waals surface area contributed by atoms with Crippen LogP contribution in [0.2, 0.25) is 0 Å². The van der Waals surface area contributed by atoms with Gasteiger partial charge in [0.1, 0.15) is 5.82 Å². The molecule has 5 rings (SSSR count). The molecule has 2 saturated carbocycles. The zero-order valence-corrected chi connectivity index (χ0v) is 22.5. The average molecular weight is 538 g/mol. The van der Waals surface area contributed by atoms with Crippen molar-refractivity contribution in [1.82, 2.24) is 20.6 Å². The molecule has 4 N–H and O–H groups in total. The van der Waals surface area contributed by atoms with E-state index in [-0.39, 0.29) is 54.7 Å². The Kier molecular flexibility index (Phi) is 10.2. The van der Waals surface area contributed by atoms with Gasteiger partial charge in [-0.25, -0.2) is 9.97 Å². The first kappa shape index (κ1) is 28.4. The highest BCUT2D eigenvalue weighted by molar-refractivity contribution is 5.97. The Balaban J connectivity index is 0.00000180. The summed E-state index contributed by atoms with van der Waals surface area (Å²) < 4.78 is 0. The number of nitrogens with zero attached hydrogens (tertiary/aromatic N) is 3. The third-order valence-electron chi connectivity index (χ3n) is 7.40. The molecule has 1 amide bonds. The van der Waals surface area contributed by atoms with E-state index in [9.17, 15) is 9.90 Å². The van der Waals surface area contributed by atoms with Gasteiger partial charge in [0.2, 0.25) is 5.82 Å². The van der Waals surface area contributed by atoms with Crippen LogP contribution in [0.25, 0.3) is 10.9 Å². The van der Waals surface area contributed by atoms with Crippen molar-refractivity contribution >= 4 is 53.3 Å². The molecule has 0 radical (unpaired) electrons. The molecule has 1 aliphatic heterocycles. The van der Waals surface area contributed by atoms with Crippen molar-refractivity contribution in [3.63, 3.8) is 0 Å². The number of amidine groups is 1. The number of aryl methyl sites for hydroxylation is 1. The molecule has 2 aromatic rings. The highest BCUT2D eigenvalue weighted by atomic mass is 35.5. The number of anilines is 1. The maximum Gasteiger partial charge on any atom is 0.289 e. The molecule has 1 aromatic carbocycles.